The van der Waals surface area contributed by atoms with Crippen LogP contribution in [-0.2, 0) is 32.7 Å². The number of hydrogen-bond donors (Lipinski definition) is 2. The second-order valence-electron chi connectivity index (χ2n) is 10.6. The number of carbonyl (C=O) groups excluding carboxylic acids is 2. The van der Waals surface area contributed by atoms with Crippen molar-refractivity contribution in [3.63, 3.8) is 0 Å². The van der Waals surface area contributed by atoms with Crippen molar-refractivity contribution in [3.8, 4) is 11.5 Å². The Morgan fingerprint density at radius 3 is 2.65 bits per heavy atom. The highest BCUT2D eigenvalue weighted by Crippen LogP contribution is 2.45. The van der Waals surface area contributed by atoms with Gasteiger partial charge in [0.25, 0.3) is 0 Å². The van der Waals surface area contributed by atoms with Crippen LogP contribution in [0.2, 0.25) is 0 Å². The Morgan fingerprint density at radius 2 is 1.88 bits per heavy atom. The fourth-order valence-electron chi connectivity index (χ4n) is 5.54. The molecular weight excluding hydrogens is 549 g/mol. The minimum atomic E-state index is -1.12. The molecule has 0 fully saturated rings. The number of aryl methyl sites for hydroxylation is 1. The van der Waals surface area contributed by atoms with E-state index in [2.05, 4.69) is 20.3 Å². The molecule has 1 unspecified atom stereocenters. The maximum atomic E-state index is 14.4. The number of nitrogen functional groups attached to an aromatic ring is 1. The van der Waals surface area contributed by atoms with Crippen LogP contribution in [0.1, 0.15) is 48.9 Å². The van der Waals surface area contributed by atoms with Crippen LogP contribution in [0.4, 0.5) is 16.0 Å². The number of pyridine rings is 1. The zero-order valence-electron chi connectivity index (χ0n) is 23.8. The average Bonchev–Trinajstić information content (AvgIpc) is 3.49. The molecule has 1 amide bonds. The zero-order valence-corrected chi connectivity index (χ0v) is 23.8. The SMILES string of the molecule is CCOC(=O)CCCc1ccc(C2(C)C(=O)Nc3nc(-c4nn(Cc5ccccc5F)c5ncccc45)nc(N)c32)cc1. The summed E-state index contributed by atoms with van der Waals surface area (Å²) in [7, 11) is 0. The summed E-state index contributed by atoms with van der Waals surface area (Å²) in [6.07, 6.45) is 3.37. The van der Waals surface area contributed by atoms with E-state index in [4.69, 9.17) is 15.6 Å². The molecular formula is C32H30FN7O3. The number of aromatic nitrogens is 5. The van der Waals surface area contributed by atoms with E-state index in [9.17, 15) is 14.0 Å². The number of nitrogens with one attached hydrogen (secondary N) is 1. The number of ether oxygens (including phenoxy) is 1. The highest BCUT2D eigenvalue weighted by Gasteiger charge is 2.47. The van der Waals surface area contributed by atoms with Crippen LogP contribution < -0.4 is 11.1 Å². The Labute approximate surface area is 247 Å². The molecule has 3 N–H and O–H groups in total. The Hall–Kier alpha value is -5.19. The van der Waals surface area contributed by atoms with E-state index < -0.39 is 5.41 Å². The first kappa shape index (κ1) is 28.0. The van der Waals surface area contributed by atoms with Crippen molar-refractivity contribution in [1.29, 1.82) is 0 Å². The first-order valence-electron chi connectivity index (χ1n) is 14.1. The van der Waals surface area contributed by atoms with Crippen molar-refractivity contribution < 1.29 is 18.7 Å². The number of carbonyl (C=O) groups is 2. The third kappa shape index (κ3) is 5.07. The van der Waals surface area contributed by atoms with Crippen LogP contribution >= 0.6 is 0 Å². The highest BCUT2D eigenvalue weighted by atomic mass is 19.1. The topological polar surface area (TPSA) is 138 Å². The zero-order chi connectivity index (χ0) is 30.1. The van der Waals surface area contributed by atoms with Gasteiger partial charge in [0, 0.05) is 18.2 Å². The minimum absolute atomic E-state index is 0.153. The molecule has 0 spiro atoms. The normalized spacial score (nSPS) is 15.8. The molecule has 0 saturated heterocycles. The molecule has 1 aliphatic rings. The lowest BCUT2D eigenvalue weighted by atomic mass is 9.77. The molecule has 0 radical (unpaired) electrons. The smallest absolute Gasteiger partial charge is 0.305 e. The number of nitrogens with zero attached hydrogens (tertiary/aromatic N) is 5. The van der Waals surface area contributed by atoms with Gasteiger partial charge in [-0.15, -0.1) is 0 Å². The summed E-state index contributed by atoms with van der Waals surface area (Å²) in [4.78, 5) is 38.8. The van der Waals surface area contributed by atoms with Gasteiger partial charge in [0.05, 0.1) is 24.1 Å². The predicted octanol–water partition coefficient (Wildman–Crippen LogP) is 4.80. The van der Waals surface area contributed by atoms with Gasteiger partial charge in [-0.05, 0) is 56.0 Å². The number of rotatable bonds is 9. The van der Waals surface area contributed by atoms with Crippen molar-refractivity contribution in [1.82, 2.24) is 24.7 Å². The summed E-state index contributed by atoms with van der Waals surface area (Å²) in [6, 6.07) is 17.8. The van der Waals surface area contributed by atoms with E-state index in [0.29, 0.717) is 59.5 Å². The summed E-state index contributed by atoms with van der Waals surface area (Å²) >= 11 is 0. The highest BCUT2D eigenvalue weighted by molar-refractivity contribution is 6.09. The number of anilines is 2. The second kappa shape index (κ2) is 11.2. The molecule has 218 valence electrons. The van der Waals surface area contributed by atoms with Crippen molar-refractivity contribution >= 4 is 34.5 Å². The maximum Gasteiger partial charge on any atom is 0.305 e. The van der Waals surface area contributed by atoms with Crippen molar-refractivity contribution in [2.75, 3.05) is 17.7 Å². The van der Waals surface area contributed by atoms with Gasteiger partial charge in [-0.3, -0.25) is 9.59 Å². The standard InChI is InChI=1S/C32H30FN7O3/c1-3-43-24(41)12-6-8-19-13-15-21(16-14-19)32(2)25-27(34)36-29(37-28(25)38-31(32)42)26-22-10-7-17-35-30(22)40(39-26)18-20-9-4-5-11-23(20)33/h4-5,7,9-11,13-17H,3,6,8,12,18H2,1-2H3,(H3,34,36,37,38,42). The lowest BCUT2D eigenvalue weighted by Gasteiger charge is -2.23. The molecule has 2 aromatic carbocycles. The Morgan fingerprint density at radius 1 is 1.09 bits per heavy atom. The van der Waals surface area contributed by atoms with Crippen LogP contribution in [0.25, 0.3) is 22.6 Å². The molecule has 0 aliphatic carbocycles. The lowest BCUT2D eigenvalue weighted by Crippen LogP contribution is -2.33. The molecule has 0 saturated carbocycles. The number of esters is 1. The fraction of sp³-hybridized carbons (Fsp3) is 0.250. The number of amides is 1. The van der Waals surface area contributed by atoms with E-state index in [0.717, 1.165) is 11.1 Å². The largest absolute Gasteiger partial charge is 0.466 e. The number of nitrogens with two attached hydrogens (primary N) is 1. The Kier molecular flexibility index (Phi) is 7.31. The Bertz CT molecular complexity index is 1850. The number of halogens is 1. The van der Waals surface area contributed by atoms with Gasteiger partial charge in [0.2, 0.25) is 5.91 Å². The lowest BCUT2D eigenvalue weighted by molar-refractivity contribution is -0.143. The van der Waals surface area contributed by atoms with Gasteiger partial charge < -0.3 is 15.8 Å². The van der Waals surface area contributed by atoms with Gasteiger partial charge >= 0.3 is 5.97 Å². The Balaban J connectivity index is 1.31. The summed E-state index contributed by atoms with van der Waals surface area (Å²) in [5.74, 6) is -0.125. The van der Waals surface area contributed by atoms with E-state index in [-0.39, 0.29) is 35.9 Å². The summed E-state index contributed by atoms with van der Waals surface area (Å²) in [6.45, 7) is 4.12. The molecule has 1 atom stereocenters. The molecule has 1 aliphatic heterocycles. The van der Waals surface area contributed by atoms with Gasteiger partial charge in [-0.1, -0.05) is 42.5 Å². The number of fused-ring (bicyclic) bond motifs is 2. The monoisotopic (exact) mass is 579 g/mol. The minimum Gasteiger partial charge on any atom is -0.466 e. The fourth-order valence-corrected chi connectivity index (χ4v) is 5.54. The van der Waals surface area contributed by atoms with E-state index in [1.165, 1.54) is 6.07 Å². The van der Waals surface area contributed by atoms with Crippen molar-refractivity contribution in [2.24, 2.45) is 0 Å². The molecule has 5 aromatic rings. The molecule has 43 heavy (non-hydrogen) atoms. The summed E-state index contributed by atoms with van der Waals surface area (Å²) in [5.41, 5.74) is 9.13. The van der Waals surface area contributed by atoms with E-state index >= 15 is 0 Å². The maximum absolute atomic E-state index is 14.4. The summed E-state index contributed by atoms with van der Waals surface area (Å²) in [5, 5.41) is 8.26. The molecule has 6 rings (SSSR count). The number of hydrogen-bond acceptors (Lipinski definition) is 8. The third-order valence-corrected chi connectivity index (χ3v) is 7.80. The van der Waals surface area contributed by atoms with Gasteiger partial charge in [-0.2, -0.15) is 5.10 Å². The molecule has 3 aromatic heterocycles. The van der Waals surface area contributed by atoms with Crippen LogP contribution in [0.3, 0.4) is 0 Å². The van der Waals surface area contributed by atoms with Gasteiger partial charge in [0.15, 0.2) is 11.5 Å². The van der Waals surface area contributed by atoms with Crippen molar-refractivity contribution in [2.45, 2.75) is 45.1 Å². The molecule has 11 heteroatoms. The third-order valence-electron chi connectivity index (χ3n) is 7.80. The van der Waals surface area contributed by atoms with Crippen molar-refractivity contribution in [3.05, 3.63) is 94.9 Å². The van der Waals surface area contributed by atoms with Crippen LogP contribution in [-0.4, -0.2) is 43.2 Å². The van der Waals surface area contributed by atoms with Crippen LogP contribution in [0.15, 0.2) is 66.9 Å². The first-order chi connectivity index (χ1) is 20.8. The second-order valence-corrected chi connectivity index (χ2v) is 10.6. The van der Waals surface area contributed by atoms with Gasteiger partial charge in [0.1, 0.15) is 28.6 Å². The van der Waals surface area contributed by atoms with Gasteiger partial charge in [-0.25, -0.2) is 24.0 Å². The first-order valence-corrected chi connectivity index (χ1v) is 14.1. The number of benzene rings is 2. The molecule has 10 nitrogen and oxygen atoms in total. The average molecular weight is 580 g/mol. The van der Waals surface area contributed by atoms with E-state index in [1.54, 1.807) is 49.0 Å². The molecule has 0 bridgehead atoms. The van der Waals surface area contributed by atoms with Crippen LogP contribution in [0.5, 0.6) is 0 Å². The summed E-state index contributed by atoms with van der Waals surface area (Å²) < 4.78 is 21.0. The quantitative estimate of drug-likeness (QED) is 0.238. The molecule has 4 heterocycles. The van der Waals surface area contributed by atoms with Crippen LogP contribution in [0, 0.1) is 5.82 Å². The van der Waals surface area contributed by atoms with E-state index in [1.807, 2.05) is 30.3 Å². The predicted molar refractivity (Wildman–Crippen MR) is 160 cm³/mol.